The second kappa shape index (κ2) is 9.71. The molecule has 4 rings (SSSR count). The first-order valence-corrected chi connectivity index (χ1v) is 11.1. The van der Waals surface area contributed by atoms with E-state index in [1.807, 2.05) is 38.1 Å². The molecule has 0 saturated carbocycles. The van der Waals surface area contributed by atoms with E-state index in [0.717, 1.165) is 11.1 Å². The minimum absolute atomic E-state index is 0.0447. The molecule has 1 saturated heterocycles. The fourth-order valence-electron chi connectivity index (χ4n) is 3.50. The van der Waals surface area contributed by atoms with Gasteiger partial charge < -0.3 is 18.6 Å². The Morgan fingerprint density at radius 2 is 1.50 bits per heavy atom. The monoisotopic (exact) mass is 498 g/mol. The number of carbonyl (C=O) groups excluding carboxylic acids is 2. The Hall–Kier alpha value is -2.90. The van der Waals surface area contributed by atoms with Gasteiger partial charge in [0.2, 0.25) is 0 Å². The summed E-state index contributed by atoms with van der Waals surface area (Å²) in [6.45, 7) is 3.85. The van der Waals surface area contributed by atoms with Gasteiger partial charge in [0, 0.05) is 6.42 Å². The summed E-state index contributed by atoms with van der Waals surface area (Å²) in [6, 6.07) is 17.8. The number of rotatable bonds is 6. The Morgan fingerprint density at radius 1 is 0.906 bits per heavy atom. The van der Waals surface area contributed by atoms with Crippen LogP contribution < -0.4 is 0 Å². The number of carbonyl (C=O) groups is 2. The van der Waals surface area contributed by atoms with E-state index in [2.05, 4.69) is 15.9 Å². The maximum Gasteiger partial charge on any atom is 0.338 e. The second-order valence-corrected chi connectivity index (χ2v) is 8.60. The van der Waals surface area contributed by atoms with E-state index in [1.54, 1.807) is 36.4 Å². The summed E-state index contributed by atoms with van der Waals surface area (Å²) in [5.74, 6) is -0.295. The third-order valence-corrected chi connectivity index (χ3v) is 5.75. The Kier molecular flexibility index (Phi) is 6.77. The number of esters is 2. The smallest absolute Gasteiger partial charge is 0.338 e. The molecule has 166 valence electrons. The number of benzene rings is 2. The molecule has 0 spiro atoms. The zero-order valence-corrected chi connectivity index (χ0v) is 19.3. The second-order valence-electron chi connectivity index (χ2n) is 7.82. The molecule has 7 heteroatoms. The van der Waals surface area contributed by atoms with Crippen molar-refractivity contribution in [2.75, 3.05) is 6.61 Å². The van der Waals surface area contributed by atoms with E-state index in [-0.39, 0.29) is 6.61 Å². The van der Waals surface area contributed by atoms with Crippen LogP contribution >= 0.6 is 15.9 Å². The van der Waals surface area contributed by atoms with E-state index < -0.39 is 30.3 Å². The molecule has 0 bridgehead atoms. The van der Waals surface area contributed by atoms with Crippen LogP contribution in [-0.4, -0.2) is 30.8 Å². The summed E-state index contributed by atoms with van der Waals surface area (Å²) in [7, 11) is 0. The Labute approximate surface area is 194 Å². The third-order valence-electron chi connectivity index (χ3n) is 5.32. The SMILES string of the molecule is Cc1ccc(C(=O)OC[C@H]2O[C@H](c3ccc(Br)o3)C[C@@H]2OC(=O)c2ccc(C)cc2)cc1. The first-order chi connectivity index (χ1) is 15.4. The lowest BCUT2D eigenvalue weighted by Gasteiger charge is -2.19. The molecule has 2 heterocycles. The van der Waals surface area contributed by atoms with Crippen molar-refractivity contribution in [3.05, 3.63) is 93.3 Å². The summed E-state index contributed by atoms with van der Waals surface area (Å²) in [4.78, 5) is 25.1. The molecule has 0 aliphatic carbocycles. The highest BCUT2D eigenvalue weighted by atomic mass is 79.9. The van der Waals surface area contributed by atoms with Gasteiger partial charge in [0.25, 0.3) is 0 Å². The minimum Gasteiger partial charge on any atom is -0.459 e. The van der Waals surface area contributed by atoms with Crippen molar-refractivity contribution in [2.45, 2.75) is 38.6 Å². The van der Waals surface area contributed by atoms with Crippen molar-refractivity contribution in [2.24, 2.45) is 0 Å². The molecular weight excluding hydrogens is 476 g/mol. The lowest BCUT2D eigenvalue weighted by molar-refractivity contribution is -0.0458. The highest BCUT2D eigenvalue weighted by Gasteiger charge is 2.41. The molecule has 32 heavy (non-hydrogen) atoms. The third kappa shape index (κ3) is 5.29. The van der Waals surface area contributed by atoms with E-state index in [0.29, 0.717) is 28.0 Å². The van der Waals surface area contributed by atoms with Crippen molar-refractivity contribution >= 4 is 27.9 Å². The van der Waals surface area contributed by atoms with Crippen LogP contribution in [-0.2, 0) is 14.2 Å². The van der Waals surface area contributed by atoms with Crippen LogP contribution in [0.5, 0.6) is 0 Å². The average molecular weight is 499 g/mol. The van der Waals surface area contributed by atoms with Gasteiger partial charge in [-0.1, -0.05) is 35.4 Å². The predicted molar refractivity (Wildman–Crippen MR) is 120 cm³/mol. The van der Waals surface area contributed by atoms with Crippen LogP contribution in [0.1, 0.15) is 50.1 Å². The van der Waals surface area contributed by atoms with Crippen LogP contribution in [0.4, 0.5) is 0 Å². The number of hydrogen-bond donors (Lipinski definition) is 0. The van der Waals surface area contributed by atoms with Crippen LogP contribution in [0.3, 0.4) is 0 Å². The van der Waals surface area contributed by atoms with Gasteiger partial charge in [0.1, 0.15) is 30.7 Å². The van der Waals surface area contributed by atoms with Gasteiger partial charge in [-0.05, 0) is 66.2 Å². The minimum atomic E-state index is -0.618. The lowest BCUT2D eigenvalue weighted by atomic mass is 10.1. The number of ether oxygens (including phenoxy) is 3. The Balaban J connectivity index is 1.46. The maximum absolute atomic E-state index is 12.7. The van der Waals surface area contributed by atoms with Crippen LogP contribution in [0, 0.1) is 13.8 Å². The van der Waals surface area contributed by atoms with E-state index >= 15 is 0 Å². The number of furan rings is 1. The Bertz CT molecular complexity index is 1090. The Morgan fingerprint density at radius 3 is 2.06 bits per heavy atom. The van der Waals surface area contributed by atoms with E-state index in [9.17, 15) is 9.59 Å². The molecule has 1 aliphatic heterocycles. The summed E-state index contributed by atoms with van der Waals surface area (Å²) in [6.07, 6.45) is -1.24. The van der Waals surface area contributed by atoms with Gasteiger partial charge in [-0.3, -0.25) is 0 Å². The molecule has 1 fully saturated rings. The highest BCUT2D eigenvalue weighted by Crippen LogP contribution is 2.37. The number of halogens is 1. The van der Waals surface area contributed by atoms with Crippen molar-refractivity contribution < 1.29 is 28.2 Å². The molecule has 3 aromatic rings. The zero-order valence-electron chi connectivity index (χ0n) is 17.7. The van der Waals surface area contributed by atoms with Crippen molar-refractivity contribution in [1.82, 2.24) is 0 Å². The summed E-state index contributed by atoms with van der Waals surface area (Å²) < 4.78 is 23.5. The molecule has 6 nitrogen and oxygen atoms in total. The van der Waals surface area contributed by atoms with Crippen LogP contribution in [0.2, 0.25) is 0 Å². The summed E-state index contributed by atoms with van der Waals surface area (Å²) in [5.41, 5.74) is 3.01. The fourth-order valence-corrected chi connectivity index (χ4v) is 3.82. The normalized spacial score (nSPS) is 20.2. The standard InChI is InChI=1S/C25H23BrO6/c1-15-3-7-17(8-4-15)24(27)29-14-22-21(13-20(30-22)19-11-12-23(26)31-19)32-25(28)18-9-5-16(2)6-10-18/h3-12,20-22H,13-14H2,1-2H3/t20-,21-,22+/m0/s1. The van der Waals surface area contributed by atoms with Crippen LogP contribution in [0.25, 0.3) is 0 Å². The molecule has 3 atom stereocenters. The average Bonchev–Trinajstić information content (AvgIpc) is 3.39. The first-order valence-electron chi connectivity index (χ1n) is 10.3. The van der Waals surface area contributed by atoms with Gasteiger partial charge in [-0.25, -0.2) is 9.59 Å². The van der Waals surface area contributed by atoms with Gasteiger partial charge in [-0.2, -0.15) is 0 Å². The van der Waals surface area contributed by atoms with Gasteiger partial charge in [0.05, 0.1) is 11.1 Å². The van der Waals surface area contributed by atoms with Gasteiger partial charge in [0.15, 0.2) is 4.67 Å². The number of aryl methyl sites for hydroxylation is 2. The fraction of sp³-hybridized carbons (Fsp3) is 0.280. The van der Waals surface area contributed by atoms with Crippen molar-refractivity contribution in [3.8, 4) is 0 Å². The van der Waals surface area contributed by atoms with Crippen molar-refractivity contribution in [1.29, 1.82) is 0 Å². The predicted octanol–water partition coefficient (Wildman–Crippen LogP) is 5.57. The number of hydrogen-bond acceptors (Lipinski definition) is 6. The molecule has 0 amide bonds. The quantitative estimate of drug-likeness (QED) is 0.413. The first kappa shape index (κ1) is 22.3. The molecule has 0 N–H and O–H groups in total. The molecule has 1 aliphatic rings. The molecule has 0 unspecified atom stereocenters. The van der Waals surface area contributed by atoms with E-state index in [1.165, 1.54) is 0 Å². The maximum atomic E-state index is 12.7. The summed E-state index contributed by atoms with van der Waals surface area (Å²) >= 11 is 3.29. The molecule has 2 aromatic carbocycles. The van der Waals surface area contributed by atoms with Crippen LogP contribution in [0.15, 0.2) is 69.8 Å². The summed E-state index contributed by atoms with van der Waals surface area (Å²) in [5, 5.41) is 0. The van der Waals surface area contributed by atoms with Crippen molar-refractivity contribution in [3.63, 3.8) is 0 Å². The molecule has 1 aromatic heterocycles. The molecule has 0 radical (unpaired) electrons. The highest BCUT2D eigenvalue weighted by molar-refractivity contribution is 9.10. The molecular formula is C25H23BrO6. The lowest BCUT2D eigenvalue weighted by Crippen LogP contribution is -2.32. The zero-order chi connectivity index (χ0) is 22.7. The van der Waals surface area contributed by atoms with Gasteiger partial charge in [-0.15, -0.1) is 0 Å². The van der Waals surface area contributed by atoms with Gasteiger partial charge >= 0.3 is 11.9 Å². The van der Waals surface area contributed by atoms with E-state index in [4.69, 9.17) is 18.6 Å². The largest absolute Gasteiger partial charge is 0.459 e. The topological polar surface area (TPSA) is 75.0 Å².